The number of hydrogen-bond donors (Lipinski definition) is 3. The van der Waals surface area contributed by atoms with Crippen LogP contribution in [0.15, 0.2) is 182 Å². The van der Waals surface area contributed by atoms with Crippen molar-refractivity contribution in [2.45, 2.75) is 43.7 Å². The molecule has 3 heterocycles. The monoisotopic (exact) mass is 743 g/mol. The molecule has 1 saturated heterocycles. The van der Waals surface area contributed by atoms with Gasteiger partial charge in [0.15, 0.2) is 12.3 Å². The van der Waals surface area contributed by atoms with Crippen molar-refractivity contribution in [3.8, 4) is 16.8 Å². The lowest BCUT2D eigenvalue weighted by Gasteiger charge is -2.37. The van der Waals surface area contributed by atoms with Crippen molar-refractivity contribution in [1.82, 2.24) is 15.2 Å². The number of allylic oxidation sites excluding steroid dienone is 7. The molecule has 3 aliphatic rings. The smallest absolute Gasteiger partial charge is 0.169 e. The number of aromatic nitrogens is 1. The lowest BCUT2D eigenvalue weighted by atomic mass is 9.91. The Morgan fingerprint density at radius 2 is 1.38 bits per heavy atom. The molecule has 2 aliphatic carbocycles. The molecule has 0 radical (unpaired) electrons. The van der Waals surface area contributed by atoms with E-state index in [4.69, 9.17) is 0 Å². The molecule has 4 unspecified atom stereocenters. The van der Waals surface area contributed by atoms with Crippen LogP contribution in [-0.2, 0) is 0 Å². The summed E-state index contributed by atoms with van der Waals surface area (Å²) in [7, 11) is 0. The van der Waals surface area contributed by atoms with E-state index >= 15 is 0 Å². The van der Waals surface area contributed by atoms with Crippen LogP contribution in [0.25, 0.3) is 58.8 Å². The average Bonchev–Trinajstić information content (AvgIpc) is 3.83. The first-order valence-electron chi connectivity index (χ1n) is 20.0. The highest BCUT2D eigenvalue weighted by atomic mass is 32.1. The van der Waals surface area contributed by atoms with Gasteiger partial charge < -0.3 is 9.88 Å². The average molecular weight is 744 g/mol. The molecule has 11 rings (SSSR count). The second kappa shape index (κ2) is 14.0. The quantitative estimate of drug-likeness (QED) is 0.159. The number of para-hydroxylation sites is 1. The SMILES string of the molecule is C1=CCCC(C2NC(c3ccccc3)[NH2+]C(c3cccc(-n4c5ccccc5c5cc(-c6cccc7c6sc6c(C8C=CC=CC8)cccc67)ccc54)c3)N2)=C1. The van der Waals surface area contributed by atoms with E-state index in [0.717, 1.165) is 19.3 Å². The van der Waals surface area contributed by atoms with E-state index in [9.17, 15) is 0 Å². The molecule has 8 aromatic rings. The molecule has 0 spiro atoms. The molecule has 2 aromatic heterocycles. The summed E-state index contributed by atoms with van der Waals surface area (Å²) >= 11 is 1.95. The third-order valence-corrected chi connectivity index (χ3v) is 13.4. The van der Waals surface area contributed by atoms with E-state index in [0.29, 0.717) is 5.92 Å². The van der Waals surface area contributed by atoms with Crippen LogP contribution in [0, 0.1) is 0 Å². The van der Waals surface area contributed by atoms with E-state index in [1.54, 1.807) is 0 Å². The number of thiophene rings is 1. The summed E-state index contributed by atoms with van der Waals surface area (Å²) in [5.41, 5.74) is 11.6. The Hall–Kier alpha value is -5.82. The lowest BCUT2D eigenvalue weighted by Crippen LogP contribution is -2.96. The van der Waals surface area contributed by atoms with Crippen LogP contribution in [0.2, 0.25) is 0 Å². The van der Waals surface area contributed by atoms with Crippen molar-refractivity contribution in [1.29, 1.82) is 0 Å². The van der Waals surface area contributed by atoms with Gasteiger partial charge in [-0.05, 0) is 71.9 Å². The van der Waals surface area contributed by atoms with Crippen molar-refractivity contribution >= 4 is 53.3 Å². The van der Waals surface area contributed by atoms with Crippen molar-refractivity contribution < 1.29 is 5.32 Å². The van der Waals surface area contributed by atoms with Crippen LogP contribution < -0.4 is 16.0 Å². The van der Waals surface area contributed by atoms with Crippen LogP contribution in [-0.4, -0.2) is 10.7 Å². The summed E-state index contributed by atoms with van der Waals surface area (Å²) in [6.45, 7) is 0. The number of nitrogens with one attached hydrogen (secondary N) is 2. The summed E-state index contributed by atoms with van der Waals surface area (Å²) in [5, 5.41) is 15.6. The molecule has 4 nitrogen and oxygen atoms in total. The fraction of sp³-hybridized carbons (Fsp3) is 0.137. The number of hydrogen-bond acceptors (Lipinski definition) is 3. The van der Waals surface area contributed by atoms with E-state index in [1.165, 1.54) is 81.1 Å². The number of fused-ring (bicyclic) bond motifs is 6. The van der Waals surface area contributed by atoms with Crippen molar-refractivity contribution in [3.05, 3.63) is 198 Å². The zero-order valence-corrected chi connectivity index (χ0v) is 31.9. The van der Waals surface area contributed by atoms with Crippen LogP contribution >= 0.6 is 11.3 Å². The first-order chi connectivity index (χ1) is 27.8. The van der Waals surface area contributed by atoms with Crippen molar-refractivity contribution in [2.75, 3.05) is 0 Å². The molecular formula is C51H43N4S+. The fourth-order valence-electron chi connectivity index (χ4n) is 9.31. The second-order valence-corrected chi connectivity index (χ2v) is 16.4. The van der Waals surface area contributed by atoms with Gasteiger partial charge >= 0.3 is 0 Å². The Kier molecular flexibility index (Phi) is 8.40. The predicted octanol–water partition coefficient (Wildman–Crippen LogP) is 11.5. The van der Waals surface area contributed by atoms with Gasteiger partial charge in [0, 0.05) is 53.7 Å². The minimum Gasteiger partial charge on any atom is -0.309 e. The summed E-state index contributed by atoms with van der Waals surface area (Å²) in [6, 6.07) is 49.7. The van der Waals surface area contributed by atoms with Gasteiger partial charge in [-0.3, -0.25) is 0 Å². The molecule has 1 fully saturated rings. The van der Waals surface area contributed by atoms with E-state index in [1.807, 2.05) is 11.3 Å². The molecule has 0 bridgehead atoms. The van der Waals surface area contributed by atoms with Crippen molar-refractivity contribution in [2.24, 2.45) is 0 Å². The van der Waals surface area contributed by atoms with Gasteiger partial charge in [-0.2, -0.15) is 0 Å². The van der Waals surface area contributed by atoms with Gasteiger partial charge in [-0.15, -0.1) is 11.3 Å². The van der Waals surface area contributed by atoms with E-state index in [-0.39, 0.29) is 18.5 Å². The Morgan fingerprint density at radius 3 is 2.23 bits per heavy atom. The Bertz CT molecular complexity index is 2910. The lowest BCUT2D eigenvalue weighted by molar-refractivity contribution is -0.754. The van der Waals surface area contributed by atoms with Gasteiger partial charge in [0.05, 0.1) is 17.2 Å². The summed E-state index contributed by atoms with van der Waals surface area (Å²) < 4.78 is 5.23. The first-order valence-corrected chi connectivity index (χ1v) is 20.8. The minimum absolute atomic E-state index is 0.0748. The summed E-state index contributed by atoms with van der Waals surface area (Å²) in [4.78, 5) is 0. The summed E-state index contributed by atoms with van der Waals surface area (Å²) in [6.07, 6.45) is 19.2. The van der Waals surface area contributed by atoms with Crippen molar-refractivity contribution in [3.63, 3.8) is 0 Å². The molecule has 4 atom stereocenters. The Labute approximate surface area is 331 Å². The maximum atomic E-state index is 3.97. The Morgan fingerprint density at radius 1 is 0.607 bits per heavy atom. The summed E-state index contributed by atoms with van der Waals surface area (Å²) in [5.74, 6) is 0.420. The van der Waals surface area contributed by atoms with Crippen LogP contribution in [0.1, 0.15) is 54.2 Å². The molecule has 56 heavy (non-hydrogen) atoms. The van der Waals surface area contributed by atoms with Crippen LogP contribution in [0.4, 0.5) is 0 Å². The second-order valence-electron chi connectivity index (χ2n) is 15.4. The molecule has 4 N–H and O–H groups in total. The third kappa shape index (κ3) is 5.78. The number of rotatable bonds is 6. The fourth-order valence-corrected chi connectivity index (χ4v) is 10.7. The molecule has 272 valence electrons. The van der Waals surface area contributed by atoms with Crippen LogP contribution in [0.5, 0.6) is 0 Å². The van der Waals surface area contributed by atoms with Gasteiger partial charge in [-0.25, -0.2) is 10.6 Å². The molecule has 6 aromatic carbocycles. The van der Waals surface area contributed by atoms with Crippen LogP contribution in [0.3, 0.4) is 0 Å². The molecule has 0 amide bonds. The van der Waals surface area contributed by atoms with Gasteiger partial charge in [0.1, 0.15) is 0 Å². The number of benzene rings is 6. The highest BCUT2D eigenvalue weighted by molar-refractivity contribution is 7.26. The van der Waals surface area contributed by atoms with E-state index < -0.39 is 0 Å². The maximum Gasteiger partial charge on any atom is 0.169 e. The molecule has 1 aliphatic heterocycles. The molecule has 5 heteroatoms. The maximum absolute atomic E-state index is 3.97. The minimum atomic E-state index is 0.0748. The zero-order chi connectivity index (χ0) is 37.0. The highest BCUT2D eigenvalue weighted by Crippen LogP contribution is 2.45. The first kappa shape index (κ1) is 33.5. The van der Waals surface area contributed by atoms with Gasteiger partial charge in [0.2, 0.25) is 0 Å². The zero-order valence-electron chi connectivity index (χ0n) is 31.1. The predicted molar refractivity (Wildman–Crippen MR) is 235 cm³/mol. The highest BCUT2D eigenvalue weighted by Gasteiger charge is 2.34. The Balaban J connectivity index is 1.00. The molecular weight excluding hydrogens is 701 g/mol. The van der Waals surface area contributed by atoms with E-state index in [2.05, 4.69) is 197 Å². The van der Waals surface area contributed by atoms with Gasteiger partial charge in [-0.1, -0.05) is 146 Å². The number of nitrogens with two attached hydrogens (primary N) is 1. The normalized spacial score (nSPS) is 21.0. The topological polar surface area (TPSA) is 45.6 Å². The number of quaternary nitrogens is 1. The standard InChI is InChI=1S/C51H42N4S/c1-4-15-33(16-5-1)39-24-13-26-42-43-27-14-25-40(48(43)56-47(39)42)36-29-30-46-44(32-36)41-23-10-11-28-45(41)55(46)38-22-12-21-37(31-38)51-53-49(34-17-6-2-7-18-34)52-50(54-51)35-19-8-3-9-20-35/h1-8,10-15,17-19,21-33,49-54H,9,16,20H2/p+1. The third-order valence-electron chi connectivity index (χ3n) is 12.1. The van der Waals surface area contributed by atoms with Gasteiger partial charge in [0.25, 0.3) is 0 Å². The molecule has 0 saturated carbocycles. The number of nitrogens with zero attached hydrogens (tertiary/aromatic N) is 1. The largest absolute Gasteiger partial charge is 0.309 e.